The number of fused-ring (bicyclic) bond motifs is 3. The molecule has 0 amide bonds. The highest BCUT2D eigenvalue weighted by atomic mass is 14.8. The number of hydrogen-bond donors (Lipinski definition) is 0. The zero-order valence-corrected chi connectivity index (χ0v) is 30.4. The second kappa shape index (κ2) is 15.0. The highest BCUT2D eigenvalue weighted by Crippen LogP contribution is 2.47. The van der Waals surface area contributed by atoms with E-state index in [0.717, 1.165) is 17.0 Å². The molecule has 9 rings (SSSR count). The predicted octanol–water partition coefficient (Wildman–Crippen LogP) is 14.6. The first kappa shape index (κ1) is 33.6. The maximum atomic E-state index is 5.50. The lowest BCUT2D eigenvalue weighted by Gasteiger charge is -2.20. The minimum absolute atomic E-state index is 0.990. The molecule has 0 radical (unpaired) electrons. The zero-order chi connectivity index (χ0) is 36.1. The van der Waals surface area contributed by atoms with Crippen LogP contribution in [0.25, 0.3) is 65.7 Å². The average molecular weight is 680 g/mol. The fourth-order valence-corrected chi connectivity index (χ4v) is 7.35. The van der Waals surface area contributed by atoms with Crippen LogP contribution in [0.1, 0.15) is 23.6 Å². The number of nitrogens with zero attached hydrogens (tertiary/aromatic N) is 1. The van der Waals surface area contributed by atoms with E-state index < -0.39 is 0 Å². The van der Waals surface area contributed by atoms with E-state index in [1.807, 2.05) is 18.2 Å². The summed E-state index contributed by atoms with van der Waals surface area (Å²) in [5.74, 6) is 0. The van der Waals surface area contributed by atoms with E-state index in [4.69, 9.17) is 4.99 Å². The molecule has 0 aliphatic heterocycles. The van der Waals surface area contributed by atoms with E-state index in [1.54, 1.807) is 0 Å². The van der Waals surface area contributed by atoms with Gasteiger partial charge in [0.2, 0.25) is 0 Å². The Labute approximate surface area is 312 Å². The molecule has 0 saturated heterocycles. The van der Waals surface area contributed by atoms with Gasteiger partial charge in [-0.25, -0.2) is 0 Å². The molecule has 0 saturated carbocycles. The van der Waals surface area contributed by atoms with Gasteiger partial charge in [-0.2, -0.15) is 0 Å². The summed E-state index contributed by atoms with van der Waals surface area (Å²) in [5.41, 5.74) is 12.8. The summed E-state index contributed by atoms with van der Waals surface area (Å²) < 4.78 is 0. The van der Waals surface area contributed by atoms with Crippen LogP contribution in [0.5, 0.6) is 0 Å². The highest BCUT2D eigenvalue weighted by Gasteiger charge is 2.20. The smallest absolute Gasteiger partial charge is 0.0753 e. The lowest BCUT2D eigenvalue weighted by molar-refractivity contribution is 1.40. The van der Waals surface area contributed by atoms with Crippen molar-refractivity contribution in [1.82, 2.24) is 0 Å². The monoisotopic (exact) mass is 679 g/mol. The van der Waals surface area contributed by atoms with E-state index >= 15 is 0 Å². The van der Waals surface area contributed by atoms with Gasteiger partial charge in [-0.3, -0.25) is 4.99 Å². The summed E-state index contributed by atoms with van der Waals surface area (Å²) in [5, 5.41) is 7.39. The van der Waals surface area contributed by atoms with Gasteiger partial charge in [-0.15, -0.1) is 0 Å². The molecule has 0 bridgehead atoms. The fourth-order valence-electron chi connectivity index (χ4n) is 7.35. The van der Waals surface area contributed by atoms with Gasteiger partial charge in [0.15, 0.2) is 0 Å². The van der Waals surface area contributed by atoms with Crippen LogP contribution in [0, 0.1) is 13.8 Å². The Hall–Kier alpha value is -6.57. The summed E-state index contributed by atoms with van der Waals surface area (Å²) >= 11 is 0. The summed E-state index contributed by atoms with van der Waals surface area (Å²) in [7, 11) is 0. The number of hydrogen-bond acceptors (Lipinski definition) is 1. The Morgan fingerprint density at radius 1 is 0.377 bits per heavy atom. The van der Waals surface area contributed by atoms with Crippen LogP contribution in [0.15, 0.2) is 199 Å². The quantitative estimate of drug-likeness (QED) is 0.161. The van der Waals surface area contributed by atoms with Crippen LogP contribution in [0.3, 0.4) is 0 Å². The topological polar surface area (TPSA) is 12.4 Å². The van der Waals surface area contributed by atoms with Gasteiger partial charge in [-0.1, -0.05) is 188 Å². The first-order valence-corrected chi connectivity index (χ1v) is 18.3. The van der Waals surface area contributed by atoms with Gasteiger partial charge >= 0.3 is 0 Å². The SMILES string of the molecule is CC(=Nc1c(C)c(-c2ccc3ccccc3c2)c2ccccc2c1-c1ccc2ccccc2c1)c1ccc(-c2ccccc2)cc1.Cc1ccccc1. The van der Waals surface area contributed by atoms with E-state index in [-0.39, 0.29) is 0 Å². The van der Waals surface area contributed by atoms with E-state index in [0.29, 0.717) is 0 Å². The predicted molar refractivity (Wildman–Crippen MR) is 229 cm³/mol. The zero-order valence-electron chi connectivity index (χ0n) is 30.4. The first-order chi connectivity index (χ1) is 26.0. The van der Waals surface area contributed by atoms with Crippen molar-refractivity contribution in [2.45, 2.75) is 20.8 Å². The highest BCUT2D eigenvalue weighted by molar-refractivity contribution is 6.14. The fraction of sp³-hybridized carbons (Fsp3) is 0.0577. The molecule has 0 spiro atoms. The Balaban J connectivity index is 0.000000515. The number of rotatable bonds is 5. The Kier molecular flexibility index (Phi) is 9.47. The molecule has 254 valence electrons. The van der Waals surface area contributed by atoms with Crippen LogP contribution in [-0.4, -0.2) is 5.71 Å². The largest absolute Gasteiger partial charge is 0.252 e. The van der Waals surface area contributed by atoms with Gasteiger partial charge in [-0.05, 0) is 104 Å². The summed E-state index contributed by atoms with van der Waals surface area (Å²) in [6, 6.07) is 69.2. The van der Waals surface area contributed by atoms with Crippen LogP contribution < -0.4 is 0 Å². The molecule has 0 N–H and O–H groups in total. The minimum Gasteiger partial charge on any atom is -0.252 e. The third kappa shape index (κ3) is 7.03. The van der Waals surface area contributed by atoms with Crippen molar-refractivity contribution in [2.75, 3.05) is 0 Å². The Morgan fingerprint density at radius 3 is 1.36 bits per heavy atom. The van der Waals surface area contributed by atoms with E-state index in [1.165, 1.54) is 76.8 Å². The second-order valence-electron chi connectivity index (χ2n) is 13.7. The molecule has 9 aromatic rings. The molecule has 0 aliphatic rings. The van der Waals surface area contributed by atoms with Crippen molar-refractivity contribution in [2.24, 2.45) is 4.99 Å². The van der Waals surface area contributed by atoms with Crippen LogP contribution in [0.4, 0.5) is 5.69 Å². The molecule has 0 aromatic heterocycles. The van der Waals surface area contributed by atoms with Gasteiger partial charge in [0.25, 0.3) is 0 Å². The summed E-state index contributed by atoms with van der Waals surface area (Å²) in [6.45, 7) is 6.46. The second-order valence-corrected chi connectivity index (χ2v) is 13.7. The molecular formula is C52H41N. The molecule has 9 aromatic carbocycles. The van der Waals surface area contributed by atoms with Gasteiger partial charge < -0.3 is 0 Å². The maximum Gasteiger partial charge on any atom is 0.0753 e. The number of benzene rings is 9. The molecular weight excluding hydrogens is 639 g/mol. The normalized spacial score (nSPS) is 11.4. The molecule has 53 heavy (non-hydrogen) atoms. The van der Waals surface area contributed by atoms with Crippen LogP contribution in [-0.2, 0) is 0 Å². The van der Waals surface area contributed by atoms with Gasteiger partial charge in [0.1, 0.15) is 0 Å². The molecule has 0 fully saturated rings. The van der Waals surface area contributed by atoms with Crippen molar-refractivity contribution in [1.29, 1.82) is 0 Å². The number of aryl methyl sites for hydroxylation is 1. The van der Waals surface area contributed by atoms with Crippen molar-refractivity contribution < 1.29 is 0 Å². The van der Waals surface area contributed by atoms with Crippen LogP contribution in [0.2, 0.25) is 0 Å². The van der Waals surface area contributed by atoms with E-state index in [2.05, 4.69) is 197 Å². The molecule has 1 heteroatoms. The average Bonchev–Trinajstić information content (AvgIpc) is 3.22. The lowest BCUT2D eigenvalue weighted by Crippen LogP contribution is -1.97. The van der Waals surface area contributed by atoms with Crippen LogP contribution >= 0.6 is 0 Å². The summed E-state index contributed by atoms with van der Waals surface area (Å²) in [4.78, 5) is 5.50. The number of aliphatic imine (C=N–C) groups is 1. The summed E-state index contributed by atoms with van der Waals surface area (Å²) in [6.07, 6.45) is 0. The Morgan fingerprint density at radius 2 is 0.811 bits per heavy atom. The van der Waals surface area contributed by atoms with E-state index in [9.17, 15) is 0 Å². The third-order valence-corrected chi connectivity index (χ3v) is 10.1. The van der Waals surface area contributed by atoms with Crippen molar-refractivity contribution in [3.63, 3.8) is 0 Å². The molecule has 0 atom stereocenters. The van der Waals surface area contributed by atoms with Crippen molar-refractivity contribution in [3.05, 3.63) is 211 Å². The minimum atomic E-state index is 0.990. The first-order valence-electron chi connectivity index (χ1n) is 18.3. The molecule has 1 nitrogen and oxygen atoms in total. The van der Waals surface area contributed by atoms with Crippen molar-refractivity contribution in [3.8, 4) is 33.4 Å². The molecule has 0 unspecified atom stereocenters. The Bertz CT molecular complexity index is 2720. The molecule has 0 aliphatic carbocycles. The maximum absolute atomic E-state index is 5.50. The molecule has 0 heterocycles. The van der Waals surface area contributed by atoms with Gasteiger partial charge in [0.05, 0.1) is 5.69 Å². The standard InChI is InChI=1S/C45H33N.C7H8/c1-30-43(39-26-24-34-14-6-8-16-37(34)28-39)41-18-10-11-19-42(41)44(40-27-25-35-15-7-9-17-38(35)29-40)45(30)46-31(2)32-20-22-36(23-21-32)33-12-4-3-5-13-33;1-7-5-3-2-4-6-7/h3-29H,1-2H3;2-6H,1H3. The van der Waals surface area contributed by atoms with Gasteiger partial charge in [0, 0.05) is 11.3 Å². The lowest BCUT2D eigenvalue weighted by atomic mass is 9.86. The third-order valence-electron chi connectivity index (χ3n) is 10.1. The van der Waals surface area contributed by atoms with Crippen molar-refractivity contribution >= 4 is 43.7 Å².